The number of ether oxygens (including phenoxy) is 1. The van der Waals surface area contributed by atoms with Crippen molar-refractivity contribution < 1.29 is 14.3 Å². The molecule has 0 aliphatic carbocycles. The van der Waals surface area contributed by atoms with Gasteiger partial charge in [0, 0.05) is 5.92 Å². The fourth-order valence-electron chi connectivity index (χ4n) is 2.80. The Balaban J connectivity index is 2.31. The monoisotopic (exact) mass is 350 g/mol. The topological polar surface area (TPSA) is 79.2 Å². The Morgan fingerprint density at radius 1 is 1.04 bits per heavy atom. The third-order valence-electron chi connectivity index (χ3n) is 4.14. The van der Waals surface area contributed by atoms with Gasteiger partial charge in [-0.05, 0) is 24.5 Å². The van der Waals surface area contributed by atoms with Gasteiger partial charge in [0.25, 0.3) is 0 Å². The van der Waals surface area contributed by atoms with Gasteiger partial charge >= 0.3 is 5.97 Å². The van der Waals surface area contributed by atoms with Crippen LogP contribution in [-0.2, 0) is 14.3 Å². The van der Waals surface area contributed by atoms with Crippen LogP contribution in [0.1, 0.15) is 30.4 Å². The number of carbonyl (C=O) groups excluding carboxylic acids is 2. The Morgan fingerprint density at radius 2 is 1.54 bits per heavy atom. The van der Waals surface area contributed by atoms with Gasteiger partial charge < -0.3 is 10.1 Å². The Hall–Kier alpha value is -3.13. The SMILES string of the molecule is COC(=O)[C@@H](C[C@@H](C)C#N)NC(=O)C(c1ccccc1)c1ccccc1. The van der Waals surface area contributed by atoms with Crippen LogP contribution in [0.4, 0.5) is 0 Å². The van der Waals surface area contributed by atoms with Gasteiger partial charge in [0.2, 0.25) is 5.91 Å². The van der Waals surface area contributed by atoms with Crippen LogP contribution in [0.25, 0.3) is 0 Å². The van der Waals surface area contributed by atoms with E-state index in [1.807, 2.05) is 60.7 Å². The molecule has 1 amide bonds. The molecule has 0 aliphatic heterocycles. The number of methoxy groups -OCH3 is 1. The van der Waals surface area contributed by atoms with Crippen LogP contribution in [0.2, 0.25) is 0 Å². The first kappa shape index (κ1) is 19.2. The number of hydrogen-bond acceptors (Lipinski definition) is 4. The van der Waals surface area contributed by atoms with Gasteiger partial charge in [-0.2, -0.15) is 5.26 Å². The largest absolute Gasteiger partial charge is 0.467 e. The molecule has 0 saturated heterocycles. The molecule has 5 nitrogen and oxygen atoms in total. The van der Waals surface area contributed by atoms with Crippen molar-refractivity contribution in [3.05, 3.63) is 71.8 Å². The second-order valence-electron chi connectivity index (χ2n) is 6.10. The molecule has 0 aliphatic rings. The zero-order valence-corrected chi connectivity index (χ0v) is 14.9. The highest BCUT2D eigenvalue weighted by molar-refractivity contribution is 5.91. The lowest BCUT2D eigenvalue weighted by atomic mass is 9.90. The second-order valence-corrected chi connectivity index (χ2v) is 6.10. The van der Waals surface area contributed by atoms with Gasteiger partial charge in [-0.15, -0.1) is 0 Å². The summed E-state index contributed by atoms with van der Waals surface area (Å²) >= 11 is 0. The molecule has 134 valence electrons. The first-order chi connectivity index (χ1) is 12.6. The molecule has 0 fully saturated rings. The summed E-state index contributed by atoms with van der Waals surface area (Å²) in [5.41, 5.74) is 1.65. The maximum atomic E-state index is 13.0. The summed E-state index contributed by atoms with van der Waals surface area (Å²) in [5, 5.41) is 11.8. The average Bonchev–Trinajstić information content (AvgIpc) is 2.68. The van der Waals surface area contributed by atoms with Crippen molar-refractivity contribution in [2.75, 3.05) is 7.11 Å². The molecule has 2 rings (SSSR count). The first-order valence-corrected chi connectivity index (χ1v) is 8.44. The molecule has 1 N–H and O–H groups in total. The second kappa shape index (κ2) is 9.38. The van der Waals surface area contributed by atoms with Crippen molar-refractivity contribution >= 4 is 11.9 Å². The molecule has 0 bridgehead atoms. The minimum absolute atomic E-state index is 0.200. The van der Waals surface area contributed by atoms with Crippen molar-refractivity contribution in [1.29, 1.82) is 5.26 Å². The summed E-state index contributed by atoms with van der Waals surface area (Å²) in [4.78, 5) is 25.1. The predicted molar refractivity (Wildman–Crippen MR) is 98.1 cm³/mol. The van der Waals surface area contributed by atoms with E-state index in [-0.39, 0.29) is 18.2 Å². The molecule has 0 radical (unpaired) electrons. The molecule has 2 atom stereocenters. The predicted octanol–water partition coefficient (Wildman–Crippen LogP) is 3.03. The van der Waals surface area contributed by atoms with E-state index in [2.05, 4.69) is 11.4 Å². The van der Waals surface area contributed by atoms with E-state index in [9.17, 15) is 9.59 Å². The van der Waals surface area contributed by atoms with Crippen molar-refractivity contribution in [1.82, 2.24) is 5.32 Å². The van der Waals surface area contributed by atoms with Crippen LogP contribution in [-0.4, -0.2) is 25.0 Å². The third kappa shape index (κ3) is 4.93. The van der Waals surface area contributed by atoms with Crippen molar-refractivity contribution in [3.63, 3.8) is 0 Å². The Labute approximate surface area is 153 Å². The maximum Gasteiger partial charge on any atom is 0.328 e. The summed E-state index contributed by atoms with van der Waals surface area (Å²) in [6.07, 6.45) is 0.200. The molecular weight excluding hydrogens is 328 g/mol. The zero-order valence-electron chi connectivity index (χ0n) is 14.9. The quantitative estimate of drug-likeness (QED) is 0.779. The number of benzene rings is 2. The molecule has 5 heteroatoms. The third-order valence-corrected chi connectivity index (χ3v) is 4.14. The van der Waals surface area contributed by atoms with Crippen molar-refractivity contribution in [2.24, 2.45) is 5.92 Å². The van der Waals surface area contributed by atoms with E-state index >= 15 is 0 Å². The molecule has 0 saturated carbocycles. The number of carbonyl (C=O) groups is 2. The fourth-order valence-corrected chi connectivity index (χ4v) is 2.80. The van der Waals surface area contributed by atoms with Crippen LogP contribution < -0.4 is 5.32 Å². The van der Waals surface area contributed by atoms with Crippen LogP contribution in [0.5, 0.6) is 0 Å². The number of nitrogens with zero attached hydrogens (tertiary/aromatic N) is 1. The highest BCUT2D eigenvalue weighted by Gasteiger charge is 2.29. The number of nitriles is 1. The molecule has 26 heavy (non-hydrogen) atoms. The zero-order chi connectivity index (χ0) is 18.9. The summed E-state index contributed by atoms with van der Waals surface area (Å²) in [5.74, 6) is -1.79. The van der Waals surface area contributed by atoms with Crippen LogP contribution in [0, 0.1) is 17.2 Å². The van der Waals surface area contributed by atoms with Gasteiger partial charge in [-0.1, -0.05) is 60.7 Å². The lowest BCUT2D eigenvalue weighted by molar-refractivity contribution is -0.145. The van der Waals surface area contributed by atoms with Gasteiger partial charge in [0.05, 0.1) is 19.1 Å². The van der Waals surface area contributed by atoms with Gasteiger partial charge in [-0.25, -0.2) is 4.79 Å². The number of amides is 1. The van der Waals surface area contributed by atoms with Crippen molar-refractivity contribution in [2.45, 2.75) is 25.3 Å². The molecule has 0 heterocycles. The summed E-state index contributed by atoms with van der Waals surface area (Å²) in [6, 6.07) is 20.0. The highest BCUT2D eigenvalue weighted by atomic mass is 16.5. The van der Waals surface area contributed by atoms with E-state index in [0.29, 0.717) is 0 Å². The Morgan fingerprint density at radius 3 is 1.96 bits per heavy atom. The number of hydrogen-bond donors (Lipinski definition) is 1. The molecule has 2 aromatic rings. The fraction of sp³-hybridized carbons (Fsp3) is 0.286. The van der Waals surface area contributed by atoms with E-state index < -0.39 is 17.9 Å². The lowest BCUT2D eigenvalue weighted by Gasteiger charge is -2.22. The Bertz CT molecular complexity index is 729. The first-order valence-electron chi connectivity index (χ1n) is 8.44. The van der Waals surface area contributed by atoms with E-state index in [1.165, 1.54) is 7.11 Å². The minimum atomic E-state index is -0.864. The normalized spacial score (nSPS) is 12.7. The van der Waals surface area contributed by atoms with E-state index in [1.54, 1.807) is 6.92 Å². The van der Waals surface area contributed by atoms with E-state index in [4.69, 9.17) is 10.00 Å². The highest BCUT2D eigenvalue weighted by Crippen LogP contribution is 2.25. The van der Waals surface area contributed by atoms with Crippen LogP contribution in [0.3, 0.4) is 0 Å². The number of nitrogens with one attached hydrogen (secondary N) is 1. The van der Waals surface area contributed by atoms with Gasteiger partial charge in [-0.3, -0.25) is 4.79 Å². The smallest absolute Gasteiger partial charge is 0.328 e. The molecule has 0 unspecified atom stereocenters. The lowest BCUT2D eigenvalue weighted by Crippen LogP contribution is -2.44. The summed E-state index contributed by atoms with van der Waals surface area (Å²) in [6.45, 7) is 1.70. The summed E-state index contributed by atoms with van der Waals surface area (Å²) in [7, 11) is 1.27. The molecular formula is C21H22N2O3. The standard InChI is InChI=1S/C21H22N2O3/c1-15(14-22)13-18(21(25)26-2)23-20(24)19(16-9-5-3-6-10-16)17-11-7-4-8-12-17/h3-12,15,18-19H,13H2,1-2H3,(H,23,24)/t15-,18-/m1/s1. The number of esters is 1. The summed E-state index contributed by atoms with van der Waals surface area (Å²) < 4.78 is 4.79. The van der Waals surface area contributed by atoms with Gasteiger partial charge in [0.1, 0.15) is 6.04 Å². The van der Waals surface area contributed by atoms with Gasteiger partial charge in [0.15, 0.2) is 0 Å². The number of rotatable bonds is 7. The molecule has 0 aromatic heterocycles. The molecule has 0 spiro atoms. The van der Waals surface area contributed by atoms with Crippen molar-refractivity contribution in [3.8, 4) is 6.07 Å². The van der Waals surface area contributed by atoms with Crippen LogP contribution in [0.15, 0.2) is 60.7 Å². The Kier molecular flexibility index (Phi) is 6.92. The maximum absolute atomic E-state index is 13.0. The average molecular weight is 350 g/mol. The molecule has 2 aromatic carbocycles. The minimum Gasteiger partial charge on any atom is -0.467 e. The van der Waals surface area contributed by atoms with Crippen LogP contribution >= 0.6 is 0 Å². The van der Waals surface area contributed by atoms with E-state index in [0.717, 1.165) is 11.1 Å².